The van der Waals surface area contributed by atoms with E-state index in [0.717, 1.165) is 22.2 Å². The molecule has 0 unspecified atom stereocenters. The minimum Gasteiger partial charge on any atom is -0.497 e. The van der Waals surface area contributed by atoms with E-state index in [1.165, 1.54) is 11.3 Å². The summed E-state index contributed by atoms with van der Waals surface area (Å²) in [5.74, 6) is 0.0953. The van der Waals surface area contributed by atoms with Gasteiger partial charge in [0.1, 0.15) is 17.4 Å². The van der Waals surface area contributed by atoms with Crippen molar-refractivity contribution in [3.8, 4) is 5.75 Å². The topological polar surface area (TPSA) is 90.4 Å². The van der Waals surface area contributed by atoms with Crippen LogP contribution in [0.4, 0.5) is 5.69 Å². The van der Waals surface area contributed by atoms with Crippen molar-refractivity contribution in [2.45, 2.75) is 26.9 Å². The second-order valence-electron chi connectivity index (χ2n) is 7.53. The van der Waals surface area contributed by atoms with Crippen LogP contribution in [0.25, 0.3) is 10.9 Å². The van der Waals surface area contributed by atoms with Gasteiger partial charge in [-0.1, -0.05) is 18.2 Å². The second-order valence-corrected chi connectivity index (χ2v) is 8.47. The highest BCUT2D eigenvalue weighted by Crippen LogP contribution is 2.23. The van der Waals surface area contributed by atoms with Crippen LogP contribution in [0.15, 0.2) is 53.9 Å². The van der Waals surface area contributed by atoms with Gasteiger partial charge in [0.15, 0.2) is 0 Å². The Morgan fingerprint density at radius 3 is 2.67 bits per heavy atom. The molecular weight excluding hydrogens is 438 g/mol. The number of nitrogens with one attached hydrogen (secondary N) is 1. The molecule has 2 aromatic carbocycles. The lowest BCUT2D eigenvalue weighted by Crippen LogP contribution is -2.15. The summed E-state index contributed by atoms with van der Waals surface area (Å²) in [6.07, 6.45) is 0.157. The van der Waals surface area contributed by atoms with Crippen LogP contribution in [-0.2, 0) is 22.6 Å². The van der Waals surface area contributed by atoms with Gasteiger partial charge in [-0.25, -0.2) is 9.78 Å². The first-order chi connectivity index (χ1) is 15.9. The fourth-order valence-corrected chi connectivity index (χ4v) is 4.11. The lowest BCUT2D eigenvalue weighted by Gasteiger charge is -2.08. The van der Waals surface area contributed by atoms with E-state index >= 15 is 0 Å². The van der Waals surface area contributed by atoms with Crippen LogP contribution in [0.2, 0.25) is 0 Å². The number of ether oxygens (including phenoxy) is 2. The third kappa shape index (κ3) is 5.35. The number of anilines is 1. The van der Waals surface area contributed by atoms with Gasteiger partial charge in [-0.3, -0.25) is 9.78 Å². The van der Waals surface area contributed by atoms with E-state index in [9.17, 15) is 9.59 Å². The van der Waals surface area contributed by atoms with Gasteiger partial charge in [0.05, 0.1) is 36.0 Å². The number of aromatic nitrogens is 2. The van der Waals surface area contributed by atoms with Crippen LogP contribution in [0.1, 0.15) is 32.3 Å². The molecule has 7 nitrogen and oxygen atoms in total. The normalized spacial score (nSPS) is 10.8. The van der Waals surface area contributed by atoms with Gasteiger partial charge in [0.2, 0.25) is 5.91 Å². The van der Waals surface area contributed by atoms with E-state index < -0.39 is 5.97 Å². The fourth-order valence-electron chi connectivity index (χ4n) is 3.34. The van der Waals surface area contributed by atoms with Gasteiger partial charge in [0, 0.05) is 22.5 Å². The van der Waals surface area contributed by atoms with E-state index in [1.54, 1.807) is 25.5 Å². The molecule has 4 rings (SSSR count). The number of pyridine rings is 1. The minimum absolute atomic E-state index is 0.0227. The maximum absolute atomic E-state index is 12.6. The number of aryl methyl sites for hydroxylation is 2. The average Bonchev–Trinajstić information content (AvgIpc) is 3.25. The maximum atomic E-state index is 12.6. The molecule has 4 aromatic rings. The summed E-state index contributed by atoms with van der Waals surface area (Å²) in [4.78, 5) is 33.9. The molecule has 0 aliphatic heterocycles. The maximum Gasteiger partial charge on any atom is 0.340 e. The fraction of sp³-hybridized carbons (Fsp3) is 0.200. The zero-order chi connectivity index (χ0) is 23.4. The highest BCUT2D eigenvalue weighted by Gasteiger charge is 2.15. The van der Waals surface area contributed by atoms with Crippen molar-refractivity contribution in [3.63, 3.8) is 0 Å². The van der Waals surface area contributed by atoms with Gasteiger partial charge in [-0.15, -0.1) is 11.3 Å². The highest BCUT2D eigenvalue weighted by molar-refractivity contribution is 7.09. The Hall–Kier alpha value is -3.78. The number of methoxy groups -OCH3 is 1. The first-order valence-corrected chi connectivity index (χ1v) is 11.2. The first-order valence-electron chi connectivity index (χ1n) is 10.3. The molecule has 1 amide bonds. The zero-order valence-corrected chi connectivity index (χ0v) is 19.4. The van der Waals surface area contributed by atoms with Crippen molar-refractivity contribution in [3.05, 3.63) is 81.4 Å². The molecule has 0 radical (unpaired) electrons. The van der Waals surface area contributed by atoms with Crippen molar-refractivity contribution in [1.82, 2.24) is 9.97 Å². The predicted octanol–water partition coefficient (Wildman–Crippen LogP) is 4.85. The standard InChI is InChI=1S/C25H23N3O4S/c1-15-6-4-5-7-21(15)28-23(29)12-24-27-18(14-33-24)13-32-25(30)20-10-17-8-9-19(31-3)11-22(17)26-16(20)2/h4-11,14H,12-13H2,1-3H3,(H,28,29). The largest absolute Gasteiger partial charge is 0.497 e. The van der Waals surface area contributed by atoms with Crippen LogP contribution in [0, 0.1) is 13.8 Å². The average molecular weight is 462 g/mol. The summed E-state index contributed by atoms with van der Waals surface area (Å²) < 4.78 is 10.7. The number of carbonyl (C=O) groups excluding carboxylic acids is 2. The van der Waals surface area contributed by atoms with Gasteiger partial charge in [-0.2, -0.15) is 0 Å². The SMILES string of the molecule is COc1ccc2cc(C(=O)OCc3csc(CC(=O)Nc4ccccc4C)n3)c(C)nc2c1. The number of hydrogen-bond donors (Lipinski definition) is 1. The number of benzene rings is 2. The smallest absolute Gasteiger partial charge is 0.340 e. The number of hydrogen-bond acceptors (Lipinski definition) is 7. The van der Waals surface area contributed by atoms with Crippen molar-refractivity contribution in [2.75, 3.05) is 12.4 Å². The molecule has 0 aliphatic rings. The van der Waals surface area contributed by atoms with E-state index in [-0.39, 0.29) is 18.9 Å². The third-order valence-electron chi connectivity index (χ3n) is 5.12. The molecule has 0 saturated heterocycles. The number of amides is 1. The summed E-state index contributed by atoms with van der Waals surface area (Å²) in [6, 6.07) is 14.9. The highest BCUT2D eigenvalue weighted by atomic mass is 32.1. The number of thiazole rings is 1. The quantitative estimate of drug-likeness (QED) is 0.396. The van der Waals surface area contributed by atoms with Crippen molar-refractivity contribution in [1.29, 1.82) is 0 Å². The molecule has 0 atom stereocenters. The van der Waals surface area contributed by atoms with Gasteiger partial charge >= 0.3 is 5.97 Å². The molecule has 0 aliphatic carbocycles. The Morgan fingerprint density at radius 1 is 1.06 bits per heavy atom. The monoisotopic (exact) mass is 461 g/mol. The molecule has 0 bridgehead atoms. The molecule has 168 valence electrons. The van der Waals surface area contributed by atoms with Crippen LogP contribution in [0.5, 0.6) is 5.75 Å². The number of carbonyl (C=O) groups is 2. The van der Waals surface area contributed by atoms with Crippen LogP contribution in [-0.4, -0.2) is 29.0 Å². The van der Waals surface area contributed by atoms with Gasteiger partial charge in [-0.05, 0) is 43.7 Å². The first kappa shape index (κ1) is 22.4. The molecule has 0 fully saturated rings. The van der Waals surface area contributed by atoms with Crippen LogP contribution < -0.4 is 10.1 Å². The molecule has 2 aromatic heterocycles. The van der Waals surface area contributed by atoms with Gasteiger partial charge < -0.3 is 14.8 Å². The number of para-hydroxylation sites is 1. The lowest BCUT2D eigenvalue weighted by atomic mass is 10.1. The number of nitrogens with zero attached hydrogens (tertiary/aromatic N) is 2. The van der Waals surface area contributed by atoms with Gasteiger partial charge in [0.25, 0.3) is 0 Å². The van der Waals surface area contributed by atoms with E-state index in [4.69, 9.17) is 9.47 Å². The Labute approximate surface area is 195 Å². The molecular formula is C25H23N3O4S. The number of fused-ring (bicyclic) bond motifs is 1. The Morgan fingerprint density at radius 2 is 1.88 bits per heavy atom. The van der Waals surface area contributed by atoms with Crippen molar-refractivity contribution in [2.24, 2.45) is 0 Å². The van der Waals surface area contributed by atoms with Crippen LogP contribution in [0.3, 0.4) is 0 Å². The summed E-state index contributed by atoms with van der Waals surface area (Å²) in [5.41, 5.74) is 4.11. The summed E-state index contributed by atoms with van der Waals surface area (Å²) in [6.45, 7) is 3.73. The molecule has 2 heterocycles. The summed E-state index contributed by atoms with van der Waals surface area (Å²) >= 11 is 1.36. The Bertz CT molecular complexity index is 1330. The molecule has 33 heavy (non-hydrogen) atoms. The molecule has 0 spiro atoms. The van der Waals surface area contributed by atoms with Crippen molar-refractivity contribution < 1.29 is 19.1 Å². The minimum atomic E-state index is -0.468. The Kier molecular flexibility index (Phi) is 6.65. The lowest BCUT2D eigenvalue weighted by molar-refractivity contribution is -0.115. The van der Waals surface area contributed by atoms with E-state index in [1.807, 2.05) is 49.4 Å². The third-order valence-corrected chi connectivity index (χ3v) is 6.01. The molecule has 8 heteroatoms. The van der Waals surface area contributed by atoms with E-state index in [2.05, 4.69) is 15.3 Å². The van der Waals surface area contributed by atoms with Crippen LogP contribution >= 0.6 is 11.3 Å². The van der Waals surface area contributed by atoms with E-state index in [0.29, 0.717) is 27.7 Å². The molecule has 1 N–H and O–H groups in total. The second kappa shape index (κ2) is 9.79. The zero-order valence-electron chi connectivity index (χ0n) is 18.5. The molecule has 0 saturated carbocycles. The van der Waals surface area contributed by atoms with Crippen molar-refractivity contribution >= 4 is 39.8 Å². The Balaban J connectivity index is 1.37. The summed E-state index contributed by atoms with van der Waals surface area (Å²) in [7, 11) is 1.60. The number of esters is 1. The predicted molar refractivity (Wildman–Crippen MR) is 128 cm³/mol. The summed E-state index contributed by atoms with van der Waals surface area (Å²) in [5, 5.41) is 6.17. The number of rotatable bonds is 7.